The maximum Gasteiger partial charge on any atom is 0.273 e. The van der Waals surface area contributed by atoms with E-state index in [-0.39, 0.29) is 11.7 Å². The van der Waals surface area contributed by atoms with E-state index in [1.54, 1.807) is 24.5 Å². The molecule has 4 rings (SSSR count). The molecule has 3 heterocycles. The zero-order valence-electron chi connectivity index (χ0n) is 12.2. The van der Waals surface area contributed by atoms with Gasteiger partial charge in [0, 0.05) is 41.3 Å². The molecule has 1 aliphatic heterocycles. The Morgan fingerprint density at radius 2 is 1.96 bits per heavy atom. The van der Waals surface area contributed by atoms with Gasteiger partial charge in [-0.3, -0.25) is 9.59 Å². The van der Waals surface area contributed by atoms with E-state index in [0.717, 1.165) is 29.8 Å². The lowest BCUT2D eigenvalue weighted by molar-refractivity contribution is -0.116. The lowest BCUT2D eigenvalue weighted by Crippen LogP contribution is -2.13. The Morgan fingerprint density at radius 3 is 2.74 bits per heavy atom. The molecule has 114 valence electrons. The molecule has 2 aliphatic rings. The number of hydrazone groups is 1. The van der Waals surface area contributed by atoms with E-state index < -0.39 is 0 Å². The minimum atomic E-state index is -0.289. The first kappa shape index (κ1) is 13.6. The molecule has 0 spiro atoms. The molecule has 2 aromatic heterocycles. The predicted molar refractivity (Wildman–Crippen MR) is 82.7 cm³/mol. The summed E-state index contributed by atoms with van der Waals surface area (Å²) in [6.45, 7) is 0. The van der Waals surface area contributed by atoms with Gasteiger partial charge in [-0.05, 0) is 25.0 Å². The van der Waals surface area contributed by atoms with Crippen molar-refractivity contribution in [3.8, 4) is 0 Å². The molecule has 7 nitrogen and oxygen atoms in total. The molecule has 2 N–H and O–H groups in total. The fourth-order valence-electron chi connectivity index (χ4n) is 2.87. The van der Waals surface area contributed by atoms with Crippen LogP contribution in [-0.4, -0.2) is 32.4 Å². The number of carbonyl (C=O) groups is 2. The first-order chi connectivity index (χ1) is 11.2. The number of Topliss-reactive ketones (excluding diaryl/α,β-unsaturated/α-hetero) is 1. The Hall–Kier alpha value is -3.09. The van der Waals surface area contributed by atoms with Crippen molar-refractivity contribution in [3.05, 3.63) is 52.9 Å². The average Bonchev–Trinajstić information content (AvgIpc) is 3.14. The third kappa shape index (κ3) is 2.36. The van der Waals surface area contributed by atoms with Crippen molar-refractivity contribution < 1.29 is 9.59 Å². The topological polar surface area (TPSA) is 100 Å². The molecular weight excluding hydrogens is 294 g/mol. The minimum absolute atomic E-state index is 0.147. The van der Waals surface area contributed by atoms with Gasteiger partial charge in [-0.2, -0.15) is 5.10 Å². The van der Waals surface area contributed by atoms with Gasteiger partial charge < -0.3 is 4.98 Å². The van der Waals surface area contributed by atoms with Crippen LogP contribution in [0.2, 0.25) is 0 Å². The van der Waals surface area contributed by atoms with Gasteiger partial charge in [-0.25, -0.2) is 15.4 Å². The molecule has 0 radical (unpaired) electrons. The summed E-state index contributed by atoms with van der Waals surface area (Å²) in [6.07, 6.45) is 8.62. The smallest absolute Gasteiger partial charge is 0.273 e. The number of aryl methyl sites for hydroxylation is 1. The van der Waals surface area contributed by atoms with Crippen molar-refractivity contribution in [2.45, 2.75) is 19.3 Å². The number of aromatic amines is 1. The van der Waals surface area contributed by atoms with E-state index in [1.165, 1.54) is 6.33 Å². The highest BCUT2D eigenvalue weighted by Crippen LogP contribution is 2.24. The normalized spacial score (nSPS) is 18.8. The van der Waals surface area contributed by atoms with Gasteiger partial charge in [0.15, 0.2) is 5.78 Å². The molecule has 7 heteroatoms. The number of fused-ring (bicyclic) bond motifs is 1. The largest absolute Gasteiger partial charge is 0.358 e. The van der Waals surface area contributed by atoms with Crippen molar-refractivity contribution in [1.29, 1.82) is 0 Å². The number of ketones is 1. The van der Waals surface area contributed by atoms with E-state index in [0.29, 0.717) is 23.3 Å². The highest BCUT2D eigenvalue weighted by atomic mass is 16.2. The molecule has 0 fully saturated rings. The quantitative estimate of drug-likeness (QED) is 0.815. The third-order valence-electron chi connectivity index (χ3n) is 3.95. The summed E-state index contributed by atoms with van der Waals surface area (Å²) in [4.78, 5) is 35.1. The number of hydrogen-bond donors (Lipinski definition) is 2. The maximum absolute atomic E-state index is 12.1. The number of amides is 1. The Kier molecular flexibility index (Phi) is 3.11. The Morgan fingerprint density at radius 1 is 1.13 bits per heavy atom. The molecule has 0 unspecified atom stereocenters. The standard InChI is InChI=1S/C16H13N5O2/c22-14-3-1-2-13-11(14)4-10(19-13)5-12-15(20-21-16(12)23)9-6-17-8-18-7-9/h4-8,19H,1-3H2,(H,21,23). The second kappa shape index (κ2) is 5.28. The second-order valence-electron chi connectivity index (χ2n) is 5.48. The fourth-order valence-corrected chi connectivity index (χ4v) is 2.87. The highest BCUT2D eigenvalue weighted by Gasteiger charge is 2.25. The summed E-state index contributed by atoms with van der Waals surface area (Å²) >= 11 is 0. The highest BCUT2D eigenvalue weighted by molar-refractivity contribution is 6.33. The van der Waals surface area contributed by atoms with Crippen molar-refractivity contribution >= 4 is 23.5 Å². The predicted octanol–water partition coefficient (Wildman–Crippen LogP) is 1.24. The number of carbonyl (C=O) groups excluding carboxylic acids is 2. The number of aromatic nitrogens is 3. The fraction of sp³-hybridized carbons (Fsp3) is 0.188. The Balaban J connectivity index is 1.74. The first-order valence-electron chi connectivity index (χ1n) is 7.33. The van der Waals surface area contributed by atoms with E-state index in [9.17, 15) is 9.59 Å². The third-order valence-corrected chi connectivity index (χ3v) is 3.95. The number of nitrogens with zero attached hydrogens (tertiary/aromatic N) is 3. The van der Waals surface area contributed by atoms with E-state index in [1.807, 2.05) is 0 Å². The minimum Gasteiger partial charge on any atom is -0.358 e. The van der Waals surface area contributed by atoms with Crippen molar-refractivity contribution in [2.24, 2.45) is 5.10 Å². The van der Waals surface area contributed by atoms with Crippen LogP contribution >= 0.6 is 0 Å². The van der Waals surface area contributed by atoms with Crippen LogP contribution in [0.5, 0.6) is 0 Å². The molecule has 23 heavy (non-hydrogen) atoms. The molecule has 0 bridgehead atoms. The van der Waals surface area contributed by atoms with Crippen molar-refractivity contribution in [1.82, 2.24) is 20.4 Å². The van der Waals surface area contributed by atoms with Crippen LogP contribution in [0.4, 0.5) is 0 Å². The maximum atomic E-state index is 12.1. The van der Waals surface area contributed by atoms with E-state index in [2.05, 4.69) is 25.5 Å². The number of H-pyrrole nitrogens is 1. The van der Waals surface area contributed by atoms with Crippen LogP contribution in [0.25, 0.3) is 6.08 Å². The summed E-state index contributed by atoms with van der Waals surface area (Å²) in [7, 11) is 0. The molecule has 2 aromatic rings. The van der Waals surface area contributed by atoms with Gasteiger partial charge >= 0.3 is 0 Å². The molecule has 0 saturated carbocycles. The second-order valence-corrected chi connectivity index (χ2v) is 5.48. The zero-order chi connectivity index (χ0) is 15.8. The van der Waals surface area contributed by atoms with Gasteiger partial charge in [0.1, 0.15) is 12.0 Å². The van der Waals surface area contributed by atoms with Gasteiger partial charge in [-0.1, -0.05) is 0 Å². The monoisotopic (exact) mass is 307 g/mol. The van der Waals surface area contributed by atoms with Crippen LogP contribution in [0.3, 0.4) is 0 Å². The van der Waals surface area contributed by atoms with Crippen LogP contribution in [0.1, 0.15) is 40.2 Å². The molecule has 0 saturated heterocycles. The number of hydrogen-bond acceptors (Lipinski definition) is 5. The summed E-state index contributed by atoms with van der Waals surface area (Å²) in [5.74, 6) is -0.142. The Bertz CT molecular complexity index is 864. The van der Waals surface area contributed by atoms with Crippen molar-refractivity contribution in [2.75, 3.05) is 0 Å². The summed E-state index contributed by atoms with van der Waals surface area (Å²) < 4.78 is 0. The lowest BCUT2D eigenvalue weighted by atomic mass is 9.97. The van der Waals surface area contributed by atoms with Crippen LogP contribution in [0, 0.1) is 0 Å². The summed E-state index contributed by atoms with van der Waals surface area (Å²) in [6, 6.07) is 1.80. The van der Waals surface area contributed by atoms with Gasteiger partial charge in [-0.15, -0.1) is 0 Å². The number of nitrogens with one attached hydrogen (secondary N) is 2. The summed E-state index contributed by atoms with van der Waals surface area (Å²) in [5.41, 5.74) is 6.41. The van der Waals surface area contributed by atoms with Crippen LogP contribution in [0.15, 0.2) is 35.5 Å². The molecule has 0 aromatic carbocycles. The van der Waals surface area contributed by atoms with Gasteiger partial charge in [0.05, 0.1) is 5.57 Å². The van der Waals surface area contributed by atoms with E-state index in [4.69, 9.17) is 0 Å². The zero-order valence-corrected chi connectivity index (χ0v) is 12.2. The molecular formula is C16H13N5O2. The molecule has 1 aliphatic carbocycles. The van der Waals surface area contributed by atoms with Crippen LogP contribution < -0.4 is 5.43 Å². The lowest BCUT2D eigenvalue weighted by Gasteiger charge is -2.08. The SMILES string of the molecule is O=C1NN=C(c2cncnc2)C1=Cc1cc2c([nH]1)CCCC2=O. The van der Waals surface area contributed by atoms with Crippen LogP contribution in [-0.2, 0) is 11.2 Å². The number of rotatable bonds is 2. The average molecular weight is 307 g/mol. The van der Waals surface area contributed by atoms with Gasteiger partial charge in [0.25, 0.3) is 5.91 Å². The van der Waals surface area contributed by atoms with Crippen molar-refractivity contribution in [3.63, 3.8) is 0 Å². The summed E-state index contributed by atoms with van der Waals surface area (Å²) in [5, 5.41) is 4.05. The van der Waals surface area contributed by atoms with E-state index >= 15 is 0 Å². The first-order valence-corrected chi connectivity index (χ1v) is 7.33. The van der Waals surface area contributed by atoms with Gasteiger partial charge in [0.2, 0.25) is 0 Å². The molecule has 1 amide bonds. The Labute approximate surface area is 131 Å². The molecule has 0 atom stereocenters.